The summed E-state index contributed by atoms with van der Waals surface area (Å²) in [6.45, 7) is 18.1. The van der Waals surface area contributed by atoms with Crippen LogP contribution in [0.1, 0.15) is 73.4 Å². The first-order chi connectivity index (χ1) is 15.0. The average Bonchev–Trinajstić information content (AvgIpc) is 3.25. The van der Waals surface area contributed by atoms with Crippen molar-refractivity contribution < 1.29 is 14.3 Å². The Morgan fingerprint density at radius 2 is 1.84 bits per heavy atom. The van der Waals surface area contributed by atoms with Crippen molar-refractivity contribution in [2.24, 2.45) is 5.92 Å². The highest BCUT2D eigenvalue weighted by Gasteiger charge is 2.47. The van der Waals surface area contributed by atoms with E-state index in [1.165, 1.54) is 0 Å². The smallest absolute Gasteiger partial charge is 0.279 e. The number of aryl methyl sites for hydroxylation is 1. The van der Waals surface area contributed by atoms with Crippen LogP contribution in [0.15, 0.2) is 11.1 Å². The number of H-pyrrole nitrogens is 1. The van der Waals surface area contributed by atoms with Gasteiger partial charge in [-0.05, 0) is 36.4 Å². The molecule has 0 spiro atoms. The number of nitrogens with one attached hydrogen (secondary N) is 1. The van der Waals surface area contributed by atoms with E-state index in [4.69, 9.17) is 9.16 Å². The van der Waals surface area contributed by atoms with Crippen molar-refractivity contribution in [1.29, 1.82) is 0 Å². The van der Waals surface area contributed by atoms with Gasteiger partial charge in [-0.15, -0.1) is 0 Å². The van der Waals surface area contributed by atoms with Crippen molar-refractivity contribution in [2.45, 2.75) is 103 Å². The summed E-state index contributed by atoms with van der Waals surface area (Å²) in [5, 5.41) is 11.2. The summed E-state index contributed by atoms with van der Waals surface area (Å²) in [6, 6.07) is 0. The van der Waals surface area contributed by atoms with Crippen molar-refractivity contribution in [1.82, 2.24) is 19.5 Å². The summed E-state index contributed by atoms with van der Waals surface area (Å²) in [6.07, 6.45) is 1.63. The quantitative estimate of drug-likeness (QED) is 0.537. The van der Waals surface area contributed by atoms with Crippen LogP contribution in [0.3, 0.4) is 0 Å². The zero-order chi connectivity index (χ0) is 23.8. The van der Waals surface area contributed by atoms with Crippen molar-refractivity contribution in [3.8, 4) is 0 Å². The second kappa shape index (κ2) is 9.75. The maximum atomic E-state index is 12.2. The minimum atomic E-state index is -1.96. The number of imidazole rings is 1. The largest absolute Gasteiger partial charge is 0.416 e. The van der Waals surface area contributed by atoms with Gasteiger partial charge in [0.1, 0.15) is 11.9 Å². The molecule has 1 aliphatic heterocycles. The third-order valence-corrected chi connectivity index (χ3v) is 13.4. The number of hydrogen-bond donors (Lipinski definition) is 2. The third kappa shape index (κ3) is 4.32. The molecule has 180 valence electrons. The van der Waals surface area contributed by atoms with Crippen molar-refractivity contribution in [2.75, 3.05) is 6.61 Å². The number of aromatic nitrogens is 4. The minimum Gasteiger partial charge on any atom is -0.416 e. The molecule has 1 unspecified atom stereocenters. The summed E-state index contributed by atoms with van der Waals surface area (Å²) in [4.78, 5) is 23.5. The van der Waals surface area contributed by atoms with Gasteiger partial charge in [-0.3, -0.25) is 9.36 Å². The van der Waals surface area contributed by atoms with Crippen molar-refractivity contribution in [3.05, 3.63) is 22.5 Å². The van der Waals surface area contributed by atoms with Gasteiger partial charge in [-0.2, -0.15) is 0 Å². The topological polar surface area (TPSA) is 102 Å². The molecule has 0 amide bonds. The van der Waals surface area contributed by atoms with E-state index >= 15 is 0 Å². The summed E-state index contributed by atoms with van der Waals surface area (Å²) < 4.78 is 14.7. The lowest BCUT2D eigenvalue weighted by atomic mass is 9.93. The van der Waals surface area contributed by atoms with Gasteiger partial charge in [-0.1, -0.05) is 48.5 Å². The minimum absolute atomic E-state index is 0.0521. The lowest BCUT2D eigenvalue weighted by molar-refractivity contribution is -0.0355. The lowest BCUT2D eigenvalue weighted by Gasteiger charge is -2.42. The van der Waals surface area contributed by atoms with E-state index in [-0.39, 0.29) is 23.1 Å². The average molecular weight is 465 g/mol. The Morgan fingerprint density at radius 3 is 2.41 bits per heavy atom. The number of rotatable bonds is 9. The molecule has 9 heteroatoms. The predicted octanol–water partition coefficient (Wildman–Crippen LogP) is 4.29. The summed E-state index contributed by atoms with van der Waals surface area (Å²) in [5.74, 6) is 0.454. The molecule has 2 N–H and O–H groups in total. The molecule has 8 nitrogen and oxygen atoms in total. The first kappa shape index (κ1) is 25.1. The summed E-state index contributed by atoms with van der Waals surface area (Å²) in [5.41, 5.74) is 1.97. The highest BCUT2D eigenvalue weighted by atomic mass is 28.4. The number of aliphatic hydroxyl groups excluding tert-OH is 1. The second-order valence-corrected chi connectivity index (χ2v) is 15.5. The van der Waals surface area contributed by atoms with Crippen LogP contribution in [0.5, 0.6) is 0 Å². The zero-order valence-electron chi connectivity index (χ0n) is 20.8. The molecule has 0 aromatic carbocycles. The SMILES string of the molecule is CC[C@H]1O[C@@H](n2cnc3c(=O)[nH]c(C)nc32)C(O)[C@H]1CCO[Si](C(C)C)(C(C)C)C(C)C. The Kier molecular flexibility index (Phi) is 7.64. The van der Waals surface area contributed by atoms with Crippen LogP contribution in [0.4, 0.5) is 0 Å². The molecule has 3 rings (SSSR count). The Bertz CT molecular complexity index is 949. The van der Waals surface area contributed by atoms with E-state index in [1.807, 2.05) is 0 Å². The first-order valence-electron chi connectivity index (χ1n) is 11.9. The molecule has 2 aromatic rings. The molecule has 1 saturated heterocycles. The van der Waals surface area contributed by atoms with Gasteiger partial charge in [-0.25, -0.2) is 9.97 Å². The second-order valence-electron chi connectivity index (χ2n) is 10.1. The van der Waals surface area contributed by atoms with Crippen LogP contribution in [0.2, 0.25) is 16.6 Å². The first-order valence-corrected chi connectivity index (χ1v) is 14.1. The molecule has 1 aliphatic rings. The molecule has 0 aliphatic carbocycles. The fourth-order valence-electron chi connectivity index (χ4n) is 5.87. The predicted molar refractivity (Wildman–Crippen MR) is 128 cm³/mol. The van der Waals surface area contributed by atoms with Gasteiger partial charge in [0.25, 0.3) is 5.56 Å². The summed E-state index contributed by atoms with van der Waals surface area (Å²) in [7, 11) is -1.96. The molecular formula is C23H40N4O4Si. The van der Waals surface area contributed by atoms with Crippen LogP contribution in [0.25, 0.3) is 11.2 Å². The van der Waals surface area contributed by atoms with Crippen molar-refractivity contribution in [3.63, 3.8) is 0 Å². The van der Waals surface area contributed by atoms with E-state index in [0.717, 1.165) is 12.8 Å². The third-order valence-electron chi connectivity index (χ3n) is 7.26. The van der Waals surface area contributed by atoms with Gasteiger partial charge >= 0.3 is 0 Å². The molecule has 0 radical (unpaired) electrons. The molecular weight excluding hydrogens is 424 g/mol. The number of nitrogens with zero attached hydrogens (tertiary/aromatic N) is 3. The van der Waals surface area contributed by atoms with E-state index in [1.54, 1.807) is 17.8 Å². The number of aromatic amines is 1. The van der Waals surface area contributed by atoms with Crippen molar-refractivity contribution >= 4 is 19.5 Å². The fraction of sp³-hybridized carbons (Fsp3) is 0.783. The van der Waals surface area contributed by atoms with Crippen LogP contribution in [-0.2, 0) is 9.16 Å². The highest BCUT2D eigenvalue weighted by molar-refractivity contribution is 6.77. The molecule has 32 heavy (non-hydrogen) atoms. The van der Waals surface area contributed by atoms with E-state index in [9.17, 15) is 9.90 Å². The monoisotopic (exact) mass is 464 g/mol. The number of fused-ring (bicyclic) bond motifs is 1. The van der Waals surface area contributed by atoms with Gasteiger partial charge in [0.2, 0.25) is 0 Å². The highest BCUT2D eigenvalue weighted by Crippen LogP contribution is 2.43. The van der Waals surface area contributed by atoms with Crippen LogP contribution in [-0.4, -0.2) is 51.8 Å². The number of aliphatic hydroxyl groups is 1. The Morgan fingerprint density at radius 1 is 1.22 bits per heavy atom. The molecule has 2 aromatic heterocycles. The lowest BCUT2D eigenvalue weighted by Crippen LogP contribution is -2.48. The maximum absolute atomic E-state index is 12.2. The molecule has 0 saturated carbocycles. The molecule has 1 fully saturated rings. The van der Waals surface area contributed by atoms with E-state index in [2.05, 4.69) is 63.4 Å². The maximum Gasteiger partial charge on any atom is 0.279 e. The Labute approximate surface area is 191 Å². The van der Waals surface area contributed by atoms with Gasteiger partial charge < -0.3 is 19.3 Å². The normalized spacial score (nSPS) is 24.5. The van der Waals surface area contributed by atoms with Gasteiger partial charge in [0.05, 0.1) is 12.4 Å². The van der Waals surface area contributed by atoms with Crippen LogP contribution < -0.4 is 5.56 Å². The number of ether oxygens (including phenoxy) is 1. The number of hydrogen-bond acceptors (Lipinski definition) is 6. The molecule has 4 atom stereocenters. The fourth-order valence-corrected chi connectivity index (χ4v) is 11.3. The zero-order valence-corrected chi connectivity index (χ0v) is 21.8. The molecule has 3 heterocycles. The van der Waals surface area contributed by atoms with E-state index in [0.29, 0.717) is 34.7 Å². The molecule has 0 bridgehead atoms. The van der Waals surface area contributed by atoms with E-state index < -0.39 is 20.6 Å². The Balaban J connectivity index is 1.80. The van der Waals surface area contributed by atoms with Gasteiger partial charge in [0.15, 0.2) is 25.7 Å². The van der Waals surface area contributed by atoms with Gasteiger partial charge in [0, 0.05) is 12.5 Å². The van der Waals surface area contributed by atoms with Crippen LogP contribution >= 0.6 is 0 Å². The standard InChI is InChI=1S/C23H40N4O4Si/c1-9-18-17(10-11-30-32(13(2)3,14(4)5)15(6)7)20(28)23(31-18)27-12-24-19-21(27)25-16(8)26-22(19)29/h12-15,17-18,20,23,28H,9-11H2,1-8H3,(H,25,26,29)/t17-,18+,20?,23+/m0/s1. The Hall–Kier alpha value is -1.55. The van der Waals surface area contributed by atoms with Crippen LogP contribution in [0, 0.1) is 12.8 Å². The summed E-state index contributed by atoms with van der Waals surface area (Å²) >= 11 is 0.